The second kappa shape index (κ2) is 7.18. The summed E-state index contributed by atoms with van der Waals surface area (Å²) in [7, 11) is 1.68. The van der Waals surface area contributed by atoms with Gasteiger partial charge in [-0.1, -0.05) is 12.1 Å². The first kappa shape index (κ1) is 17.3. The van der Waals surface area contributed by atoms with Gasteiger partial charge < -0.3 is 14.7 Å². The summed E-state index contributed by atoms with van der Waals surface area (Å²) in [5.74, 6) is -1.34. The SMILES string of the molecule is CCN1CCN(CC(=O)N(C)Cc2nc3ccccc3s2)C(=O)C1=O. The number of carbonyl (C=O) groups excluding carboxylic acids is 3. The van der Waals surface area contributed by atoms with E-state index in [4.69, 9.17) is 0 Å². The minimum absolute atomic E-state index is 0.0798. The van der Waals surface area contributed by atoms with Gasteiger partial charge in [-0.2, -0.15) is 0 Å². The first-order valence-electron chi connectivity index (χ1n) is 8.16. The summed E-state index contributed by atoms with van der Waals surface area (Å²) in [5, 5.41) is 0.843. The number of nitrogens with zero attached hydrogens (tertiary/aromatic N) is 4. The van der Waals surface area contributed by atoms with Crippen LogP contribution in [0.5, 0.6) is 0 Å². The fourth-order valence-corrected chi connectivity index (χ4v) is 3.75. The predicted octanol–water partition coefficient (Wildman–Crippen LogP) is 0.945. The van der Waals surface area contributed by atoms with Crippen LogP contribution in [-0.4, -0.2) is 70.6 Å². The molecule has 0 aliphatic carbocycles. The molecule has 0 unspecified atom stereocenters. The Morgan fingerprint density at radius 1 is 1.20 bits per heavy atom. The van der Waals surface area contributed by atoms with Crippen LogP contribution < -0.4 is 0 Å². The number of benzene rings is 1. The number of fused-ring (bicyclic) bond motifs is 1. The monoisotopic (exact) mass is 360 g/mol. The number of piperazine rings is 1. The van der Waals surface area contributed by atoms with Gasteiger partial charge in [0.15, 0.2) is 0 Å². The normalized spacial score (nSPS) is 15.1. The van der Waals surface area contributed by atoms with E-state index >= 15 is 0 Å². The average molecular weight is 360 g/mol. The number of aromatic nitrogens is 1. The van der Waals surface area contributed by atoms with Crippen molar-refractivity contribution >= 4 is 39.3 Å². The summed E-state index contributed by atoms with van der Waals surface area (Å²) < 4.78 is 1.08. The number of thiazole rings is 1. The van der Waals surface area contributed by atoms with Gasteiger partial charge in [-0.05, 0) is 19.1 Å². The molecule has 132 valence electrons. The van der Waals surface area contributed by atoms with Crippen LogP contribution in [0.3, 0.4) is 0 Å². The Kier molecular flexibility index (Phi) is 4.98. The Bertz CT molecular complexity index is 786. The van der Waals surface area contributed by atoms with Crippen molar-refractivity contribution < 1.29 is 14.4 Å². The van der Waals surface area contributed by atoms with Crippen LogP contribution in [0.2, 0.25) is 0 Å². The van der Waals surface area contributed by atoms with Crippen LogP contribution >= 0.6 is 11.3 Å². The Morgan fingerprint density at radius 3 is 2.60 bits per heavy atom. The zero-order valence-electron chi connectivity index (χ0n) is 14.3. The van der Waals surface area contributed by atoms with E-state index in [0.717, 1.165) is 15.2 Å². The fourth-order valence-electron chi connectivity index (χ4n) is 2.73. The van der Waals surface area contributed by atoms with Crippen LogP contribution in [0.4, 0.5) is 0 Å². The van der Waals surface area contributed by atoms with Gasteiger partial charge in [-0.3, -0.25) is 14.4 Å². The molecule has 7 nitrogen and oxygen atoms in total. The predicted molar refractivity (Wildman–Crippen MR) is 94.9 cm³/mol. The lowest BCUT2D eigenvalue weighted by Crippen LogP contribution is -2.56. The largest absolute Gasteiger partial charge is 0.337 e. The maximum Gasteiger partial charge on any atom is 0.312 e. The number of hydrogen-bond acceptors (Lipinski definition) is 5. The van der Waals surface area contributed by atoms with Crippen molar-refractivity contribution in [2.24, 2.45) is 0 Å². The average Bonchev–Trinajstić information content (AvgIpc) is 3.01. The van der Waals surface area contributed by atoms with Gasteiger partial charge >= 0.3 is 11.8 Å². The molecule has 0 N–H and O–H groups in total. The molecule has 0 saturated carbocycles. The second-order valence-corrected chi connectivity index (χ2v) is 7.05. The van der Waals surface area contributed by atoms with E-state index in [1.54, 1.807) is 23.3 Å². The molecule has 1 aromatic heterocycles. The molecule has 0 radical (unpaired) electrons. The minimum Gasteiger partial charge on any atom is -0.337 e. The minimum atomic E-state index is -0.602. The molecule has 1 aliphatic heterocycles. The molecule has 0 bridgehead atoms. The molecule has 2 aromatic rings. The molecule has 0 spiro atoms. The molecular weight excluding hydrogens is 340 g/mol. The highest BCUT2D eigenvalue weighted by atomic mass is 32.1. The summed E-state index contributed by atoms with van der Waals surface area (Å²) in [6.45, 7) is 3.50. The van der Waals surface area contributed by atoms with Gasteiger partial charge in [0.25, 0.3) is 0 Å². The van der Waals surface area contributed by atoms with Crippen molar-refractivity contribution in [2.75, 3.05) is 33.2 Å². The van der Waals surface area contributed by atoms with Crippen molar-refractivity contribution in [3.8, 4) is 0 Å². The number of hydrogen-bond donors (Lipinski definition) is 0. The molecule has 8 heteroatoms. The lowest BCUT2D eigenvalue weighted by molar-refractivity contribution is -0.157. The smallest absolute Gasteiger partial charge is 0.312 e. The highest BCUT2D eigenvalue weighted by Gasteiger charge is 2.33. The number of likely N-dealkylation sites (N-methyl/N-ethyl adjacent to an activating group) is 2. The third kappa shape index (κ3) is 3.63. The van der Waals surface area contributed by atoms with E-state index in [2.05, 4.69) is 4.98 Å². The van der Waals surface area contributed by atoms with Gasteiger partial charge in [0.05, 0.1) is 16.8 Å². The van der Waals surface area contributed by atoms with Crippen molar-refractivity contribution in [3.63, 3.8) is 0 Å². The van der Waals surface area contributed by atoms with Crippen LogP contribution in [-0.2, 0) is 20.9 Å². The Labute approximate surface area is 149 Å². The van der Waals surface area contributed by atoms with E-state index < -0.39 is 11.8 Å². The highest BCUT2D eigenvalue weighted by Crippen LogP contribution is 2.22. The van der Waals surface area contributed by atoms with Crippen molar-refractivity contribution in [1.82, 2.24) is 19.7 Å². The molecule has 0 atom stereocenters. The van der Waals surface area contributed by atoms with Crippen molar-refractivity contribution in [2.45, 2.75) is 13.5 Å². The van der Waals surface area contributed by atoms with Gasteiger partial charge in [0.1, 0.15) is 11.6 Å². The zero-order chi connectivity index (χ0) is 18.0. The third-order valence-electron chi connectivity index (χ3n) is 4.24. The summed E-state index contributed by atoms with van der Waals surface area (Å²) in [5.41, 5.74) is 0.916. The first-order valence-corrected chi connectivity index (χ1v) is 8.98. The fraction of sp³-hybridized carbons (Fsp3) is 0.412. The molecule has 3 amide bonds. The van der Waals surface area contributed by atoms with E-state index in [0.29, 0.717) is 26.2 Å². The second-order valence-electron chi connectivity index (χ2n) is 5.94. The molecule has 1 saturated heterocycles. The number of para-hydroxylation sites is 1. The number of carbonyl (C=O) groups is 3. The van der Waals surface area contributed by atoms with Gasteiger partial charge in [-0.25, -0.2) is 4.98 Å². The van der Waals surface area contributed by atoms with Crippen LogP contribution in [0, 0.1) is 0 Å². The summed E-state index contributed by atoms with van der Waals surface area (Å²) in [6.07, 6.45) is 0. The van der Waals surface area contributed by atoms with Crippen molar-refractivity contribution in [3.05, 3.63) is 29.3 Å². The van der Waals surface area contributed by atoms with E-state index in [-0.39, 0.29) is 12.5 Å². The molecule has 1 aromatic carbocycles. The van der Waals surface area contributed by atoms with Crippen molar-refractivity contribution in [1.29, 1.82) is 0 Å². The van der Waals surface area contributed by atoms with E-state index in [1.165, 1.54) is 9.80 Å². The lowest BCUT2D eigenvalue weighted by atomic mass is 10.3. The number of amides is 3. The Hall–Kier alpha value is -2.48. The van der Waals surface area contributed by atoms with Gasteiger partial charge in [0.2, 0.25) is 5.91 Å². The molecular formula is C17H20N4O3S. The van der Waals surface area contributed by atoms with E-state index in [9.17, 15) is 14.4 Å². The lowest BCUT2D eigenvalue weighted by Gasteiger charge is -2.33. The summed E-state index contributed by atoms with van der Waals surface area (Å²) >= 11 is 1.55. The van der Waals surface area contributed by atoms with Crippen LogP contribution in [0.25, 0.3) is 10.2 Å². The highest BCUT2D eigenvalue weighted by molar-refractivity contribution is 7.18. The van der Waals surface area contributed by atoms with Gasteiger partial charge in [0, 0.05) is 26.7 Å². The van der Waals surface area contributed by atoms with Gasteiger partial charge in [-0.15, -0.1) is 11.3 Å². The zero-order valence-corrected chi connectivity index (χ0v) is 15.1. The molecule has 2 heterocycles. The van der Waals surface area contributed by atoms with E-state index in [1.807, 2.05) is 31.2 Å². The first-order chi connectivity index (χ1) is 12.0. The van der Waals surface area contributed by atoms with Crippen LogP contribution in [0.15, 0.2) is 24.3 Å². The topological polar surface area (TPSA) is 73.8 Å². The quantitative estimate of drug-likeness (QED) is 0.744. The molecule has 1 aliphatic rings. The molecule has 3 rings (SSSR count). The molecule has 1 fully saturated rings. The Balaban J connectivity index is 1.61. The number of rotatable bonds is 5. The summed E-state index contributed by atoms with van der Waals surface area (Å²) in [6, 6.07) is 7.82. The maximum atomic E-state index is 12.4. The standard InChI is InChI=1S/C17H20N4O3S/c1-3-20-8-9-21(17(24)16(20)23)11-15(22)19(2)10-14-18-12-6-4-5-7-13(12)25-14/h4-7H,3,8-11H2,1-2H3. The Morgan fingerprint density at radius 2 is 1.88 bits per heavy atom. The van der Waals surface area contributed by atoms with Crippen LogP contribution in [0.1, 0.15) is 11.9 Å². The summed E-state index contributed by atoms with van der Waals surface area (Å²) in [4.78, 5) is 45.3. The third-order valence-corrected chi connectivity index (χ3v) is 5.26. The molecule has 25 heavy (non-hydrogen) atoms. The maximum absolute atomic E-state index is 12.4.